The van der Waals surface area contributed by atoms with Gasteiger partial charge < -0.3 is 19.3 Å². The molecule has 0 saturated carbocycles. The van der Waals surface area contributed by atoms with E-state index in [1.807, 2.05) is 0 Å². The minimum atomic E-state index is -1.37. The molecule has 3 heterocycles. The molecule has 0 bridgehead atoms. The van der Waals surface area contributed by atoms with Crippen LogP contribution in [0.5, 0.6) is 0 Å². The summed E-state index contributed by atoms with van der Waals surface area (Å²) in [5.74, 6) is -2.21. The number of morpholine rings is 1. The summed E-state index contributed by atoms with van der Waals surface area (Å²) in [6.07, 6.45) is 1.21. The number of hydrogen-bond acceptors (Lipinski definition) is 4. The molecule has 1 aromatic carbocycles. The summed E-state index contributed by atoms with van der Waals surface area (Å²) in [6.45, 7) is 1.49. The highest BCUT2D eigenvalue weighted by atomic mass is 19.1. The molecule has 1 saturated heterocycles. The molecule has 134 valence electrons. The Kier molecular flexibility index (Phi) is 3.84. The summed E-state index contributed by atoms with van der Waals surface area (Å²) < 4.78 is 20.2. The summed E-state index contributed by atoms with van der Waals surface area (Å²) in [5.41, 5.74) is -0.755. The average Bonchev–Trinajstić information content (AvgIpc) is 2.63. The molecule has 2 aliphatic heterocycles. The summed E-state index contributed by atoms with van der Waals surface area (Å²) >= 11 is 0. The van der Waals surface area contributed by atoms with Gasteiger partial charge in [0, 0.05) is 19.3 Å². The molecule has 0 aliphatic carbocycles. The fourth-order valence-corrected chi connectivity index (χ4v) is 3.51. The Balaban J connectivity index is 1.99. The molecule has 1 fully saturated rings. The molecule has 26 heavy (non-hydrogen) atoms. The Labute approximate surface area is 147 Å². The van der Waals surface area contributed by atoms with Crippen LogP contribution in [0.15, 0.2) is 35.3 Å². The van der Waals surface area contributed by atoms with E-state index in [1.165, 1.54) is 35.0 Å². The van der Waals surface area contributed by atoms with E-state index in [4.69, 9.17) is 4.74 Å². The van der Waals surface area contributed by atoms with E-state index in [9.17, 15) is 23.9 Å². The van der Waals surface area contributed by atoms with Crippen molar-refractivity contribution >= 4 is 11.9 Å². The van der Waals surface area contributed by atoms with E-state index in [2.05, 4.69) is 0 Å². The molecule has 7 nitrogen and oxygen atoms in total. The number of hydrogen-bond donors (Lipinski definition) is 1. The van der Waals surface area contributed by atoms with Gasteiger partial charge in [-0.05, 0) is 17.7 Å². The lowest BCUT2D eigenvalue weighted by Gasteiger charge is -2.41. The number of fused-ring (bicyclic) bond motifs is 2. The highest BCUT2D eigenvalue weighted by Gasteiger charge is 2.37. The predicted molar refractivity (Wildman–Crippen MR) is 88.7 cm³/mol. The standard InChI is InChI=1S/C18H15FN2O5/c19-11-3-1-10(2-4-11)14-15-17(23)21-5-6-26-9-12(21)7-20(15)8-13(16(14)22)18(24)25/h1-4,8,12H,5-7,9H2,(H,24,25). The van der Waals surface area contributed by atoms with Gasteiger partial charge in [0.2, 0.25) is 5.43 Å². The lowest BCUT2D eigenvalue weighted by Crippen LogP contribution is -2.55. The van der Waals surface area contributed by atoms with E-state index in [-0.39, 0.29) is 23.2 Å². The van der Waals surface area contributed by atoms with Crippen LogP contribution in [0.2, 0.25) is 0 Å². The SMILES string of the molecule is O=C(O)c1cn2c(c(-c3ccc(F)cc3)c1=O)C(=O)N1CCOCC1C2. The largest absolute Gasteiger partial charge is 0.477 e. The maximum Gasteiger partial charge on any atom is 0.341 e. The van der Waals surface area contributed by atoms with Crippen molar-refractivity contribution < 1.29 is 23.8 Å². The van der Waals surface area contributed by atoms with Gasteiger partial charge in [-0.3, -0.25) is 9.59 Å². The Bertz CT molecular complexity index is 967. The number of carbonyl (C=O) groups excluding carboxylic acids is 1. The Morgan fingerprint density at radius 2 is 1.96 bits per heavy atom. The Hall–Kier alpha value is -3.00. The molecule has 0 spiro atoms. The van der Waals surface area contributed by atoms with Crippen molar-refractivity contribution in [2.75, 3.05) is 19.8 Å². The van der Waals surface area contributed by atoms with Gasteiger partial charge >= 0.3 is 5.97 Å². The van der Waals surface area contributed by atoms with Crippen LogP contribution in [0.25, 0.3) is 11.1 Å². The molecular formula is C18H15FN2O5. The van der Waals surface area contributed by atoms with Crippen molar-refractivity contribution in [2.24, 2.45) is 0 Å². The molecule has 1 N–H and O–H groups in total. The monoisotopic (exact) mass is 358 g/mol. The first-order valence-electron chi connectivity index (χ1n) is 8.12. The van der Waals surface area contributed by atoms with Gasteiger partial charge in [-0.15, -0.1) is 0 Å². The number of nitrogens with zero attached hydrogens (tertiary/aromatic N) is 2. The molecule has 2 aromatic rings. The normalized spacial score (nSPS) is 19.0. The van der Waals surface area contributed by atoms with Gasteiger partial charge in [-0.1, -0.05) is 12.1 Å². The van der Waals surface area contributed by atoms with E-state index in [1.54, 1.807) is 4.90 Å². The van der Waals surface area contributed by atoms with Crippen LogP contribution in [0.1, 0.15) is 20.8 Å². The van der Waals surface area contributed by atoms with Crippen molar-refractivity contribution in [3.8, 4) is 11.1 Å². The lowest BCUT2D eigenvalue weighted by atomic mass is 9.97. The Morgan fingerprint density at radius 3 is 2.65 bits per heavy atom. The average molecular weight is 358 g/mol. The van der Waals surface area contributed by atoms with Crippen LogP contribution in [-0.4, -0.2) is 52.3 Å². The number of benzene rings is 1. The summed E-state index contributed by atoms with van der Waals surface area (Å²) in [6, 6.07) is 4.87. The first-order chi connectivity index (χ1) is 12.5. The number of carbonyl (C=O) groups is 2. The van der Waals surface area contributed by atoms with Crippen LogP contribution < -0.4 is 5.43 Å². The number of ether oxygens (including phenoxy) is 1. The van der Waals surface area contributed by atoms with Crippen LogP contribution in [0.3, 0.4) is 0 Å². The molecule has 0 radical (unpaired) electrons. The van der Waals surface area contributed by atoms with Crippen molar-refractivity contribution in [1.29, 1.82) is 0 Å². The zero-order chi connectivity index (χ0) is 18.4. The number of aromatic nitrogens is 1. The minimum absolute atomic E-state index is 0.0140. The van der Waals surface area contributed by atoms with Gasteiger partial charge in [0.1, 0.15) is 17.1 Å². The van der Waals surface area contributed by atoms with Crippen LogP contribution in [0, 0.1) is 5.82 Å². The van der Waals surface area contributed by atoms with Gasteiger partial charge in [0.05, 0.1) is 24.8 Å². The Morgan fingerprint density at radius 1 is 1.23 bits per heavy atom. The smallest absolute Gasteiger partial charge is 0.341 e. The maximum absolute atomic E-state index is 13.3. The van der Waals surface area contributed by atoms with Gasteiger partial charge in [-0.25, -0.2) is 9.18 Å². The van der Waals surface area contributed by atoms with Crippen LogP contribution in [-0.2, 0) is 11.3 Å². The lowest BCUT2D eigenvalue weighted by molar-refractivity contribution is -0.0136. The third-order valence-electron chi connectivity index (χ3n) is 4.74. The number of pyridine rings is 1. The molecule has 8 heteroatoms. The third kappa shape index (κ3) is 2.50. The van der Waals surface area contributed by atoms with Crippen molar-refractivity contribution in [3.05, 3.63) is 57.8 Å². The first kappa shape index (κ1) is 16.5. The van der Waals surface area contributed by atoms with E-state index in [0.717, 1.165) is 0 Å². The zero-order valence-electron chi connectivity index (χ0n) is 13.6. The van der Waals surface area contributed by atoms with Crippen molar-refractivity contribution in [3.63, 3.8) is 0 Å². The summed E-state index contributed by atoms with van der Waals surface area (Å²) in [4.78, 5) is 39.0. The third-order valence-corrected chi connectivity index (χ3v) is 4.74. The molecule has 2 aliphatic rings. The second-order valence-electron chi connectivity index (χ2n) is 6.29. The maximum atomic E-state index is 13.3. The minimum Gasteiger partial charge on any atom is -0.477 e. The summed E-state index contributed by atoms with van der Waals surface area (Å²) in [5, 5.41) is 9.39. The van der Waals surface area contributed by atoms with E-state index >= 15 is 0 Å². The molecule has 1 aromatic heterocycles. The quantitative estimate of drug-likeness (QED) is 0.872. The molecular weight excluding hydrogens is 343 g/mol. The number of halogens is 1. The van der Waals surface area contributed by atoms with Crippen molar-refractivity contribution in [2.45, 2.75) is 12.6 Å². The number of amides is 1. The predicted octanol–water partition coefficient (Wildman–Crippen LogP) is 1.21. The number of rotatable bonds is 2. The molecule has 1 atom stereocenters. The number of carboxylic acid groups (broad SMARTS) is 1. The second kappa shape index (κ2) is 6.06. The van der Waals surface area contributed by atoms with E-state index in [0.29, 0.717) is 31.9 Å². The van der Waals surface area contributed by atoms with E-state index < -0.39 is 22.8 Å². The van der Waals surface area contributed by atoms with Gasteiger partial charge in [-0.2, -0.15) is 0 Å². The second-order valence-corrected chi connectivity index (χ2v) is 6.29. The van der Waals surface area contributed by atoms with Crippen LogP contribution in [0.4, 0.5) is 4.39 Å². The number of carboxylic acids is 1. The molecule has 1 unspecified atom stereocenters. The zero-order valence-corrected chi connectivity index (χ0v) is 13.6. The first-order valence-corrected chi connectivity index (χ1v) is 8.12. The highest BCUT2D eigenvalue weighted by Crippen LogP contribution is 2.28. The fourth-order valence-electron chi connectivity index (χ4n) is 3.51. The fraction of sp³-hybridized carbons (Fsp3) is 0.278. The van der Waals surface area contributed by atoms with Crippen LogP contribution >= 0.6 is 0 Å². The summed E-state index contributed by atoms with van der Waals surface area (Å²) in [7, 11) is 0. The topological polar surface area (TPSA) is 88.8 Å². The van der Waals surface area contributed by atoms with Crippen molar-refractivity contribution in [1.82, 2.24) is 9.47 Å². The number of aromatic carboxylic acids is 1. The van der Waals surface area contributed by atoms with Gasteiger partial charge in [0.25, 0.3) is 5.91 Å². The highest BCUT2D eigenvalue weighted by molar-refractivity contribution is 6.01. The van der Waals surface area contributed by atoms with Gasteiger partial charge in [0.15, 0.2) is 0 Å². The molecule has 4 rings (SSSR count). The molecule has 1 amide bonds.